The van der Waals surface area contributed by atoms with Gasteiger partial charge in [0.1, 0.15) is 0 Å². The topological polar surface area (TPSA) is 12.0 Å². The quantitative estimate of drug-likeness (QED) is 0.411. The minimum atomic E-state index is 0.947. The summed E-state index contributed by atoms with van der Waals surface area (Å²) >= 11 is 0. The first-order valence-corrected chi connectivity index (χ1v) is 6.13. The van der Waals surface area contributed by atoms with Gasteiger partial charge in [-0.1, -0.05) is 37.3 Å². The van der Waals surface area contributed by atoms with Gasteiger partial charge in [0.05, 0.1) is 0 Å². The molecule has 1 heteroatoms. The van der Waals surface area contributed by atoms with E-state index in [9.17, 15) is 0 Å². The standard InChI is InChI=1S/C13H25N/c1-12(2)9-10-14-11-13-7-5-3-4-6-8-13/h9,13-14H,3-8,10-11H2,1-2H3. The molecule has 1 rings (SSSR count). The monoisotopic (exact) mass is 195 g/mol. The third kappa shape index (κ3) is 5.43. The predicted octanol–water partition coefficient (Wildman–Crippen LogP) is 3.51. The first-order chi connectivity index (χ1) is 6.79. The van der Waals surface area contributed by atoms with Crippen LogP contribution in [0, 0.1) is 5.92 Å². The van der Waals surface area contributed by atoms with Crippen LogP contribution in [0.3, 0.4) is 0 Å². The minimum Gasteiger partial charge on any atom is -0.313 e. The predicted molar refractivity (Wildman–Crippen MR) is 63.5 cm³/mol. The van der Waals surface area contributed by atoms with Crippen molar-refractivity contribution in [1.29, 1.82) is 0 Å². The van der Waals surface area contributed by atoms with Gasteiger partial charge < -0.3 is 5.32 Å². The highest BCUT2D eigenvalue weighted by Crippen LogP contribution is 2.21. The molecular formula is C13H25N. The van der Waals surface area contributed by atoms with Crippen LogP contribution in [0.4, 0.5) is 0 Å². The maximum atomic E-state index is 3.54. The van der Waals surface area contributed by atoms with Crippen LogP contribution in [0.1, 0.15) is 52.4 Å². The van der Waals surface area contributed by atoms with E-state index in [-0.39, 0.29) is 0 Å². The van der Waals surface area contributed by atoms with Crippen molar-refractivity contribution in [3.8, 4) is 0 Å². The van der Waals surface area contributed by atoms with Crippen LogP contribution in [0.25, 0.3) is 0 Å². The summed E-state index contributed by atoms with van der Waals surface area (Å²) in [5, 5.41) is 3.54. The lowest BCUT2D eigenvalue weighted by molar-refractivity contribution is 0.434. The van der Waals surface area contributed by atoms with Crippen molar-refractivity contribution in [3.05, 3.63) is 11.6 Å². The number of rotatable bonds is 4. The molecule has 0 aromatic carbocycles. The van der Waals surface area contributed by atoms with Gasteiger partial charge in [0.2, 0.25) is 0 Å². The SMILES string of the molecule is CC(C)=CCNCC1CCCCCC1. The van der Waals surface area contributed by atoms with Gasteiger partial charge in [-0.15, -0.1) is 0 Å². The maximum Gasteiger partial charge on any atom is 0.0137 e. The normalized spacial score (nSPS) is 19.0. The molecule has 1 saturated carbocycles. The zero-order valence-corrected chi connectivity index (χ0v) is 9.81. The second-order valence-electron chi connectivity index (χ2n) is 4.80. The van der Waals surface area contributed by atoms with Crippen LogP contribution in [0.5, 0.6) is 0 Å². The fraction of sp³-hybridized carbons (Fsp3) is 0.846. The molecule has 1 nitrogen and oxygen atoms in total. The molecule has 82 valence electrons. The van der Waals surface area contributed by atoms with E-state index < -0.39 is 0 Å². The van der Waals surface area contributed by atoms with Crippen molar-refractivity contribution < 1.29 is 0 Å². The summed E-state index contributed by atoms with van der Waals surface area (Å²) in [4.78, 5) is 0. The summed E-state index contributed by atoms with van der Waals surface area (Å²) in [5.41, 5.74) is 1.42. The molecular weight excluding hydrogens is 170 g/mol. The van der Waals surface area contributed by atoms with E-state index in [0.29, 0.717) is 0 Å². The van der Waals surface area contributed by atoms with E-state index in [4.69, 9.17) is 0 Å². The molecule has 0 aromatic heterocycles. The average molecular weight is 195 g/mol. The van der Waals surface area contributed by atoms with Crippen LogP contribution in [0.2, 0.25) is 0 Å². The highest BCUT2D eigenvalue weighted by Gasteiger charge is 2.10. The third-order valence-corrected chi connectivity index (χ3v) is 3.06. The third-order valence-electron chi connectivity index (χ3n) is 3.06. The molecule has 1 fully saturated rings. The number of nitrogens with one attached hydrogen (secondary N) is 1. The molecule has 1 aliphatic rings. The highest BCUT2D eigenvalue weighted by atomic mass is 14.8. The summed E-state index contributed by atoms with van der Waals surface area (Å²) in [6.07, 6.45) is 11.0. The highest BCUT2D eigenvalue weighted by molar-refractivity contribution is 4.94. The van der Waals surface area contributed by atoms with Gasteiger partial charge in [-0.3, -0.25) is 0 Å². The van der Waals surface area contributed by atoms with Crippen LogP contribution >= 0.6 is 0 Å². The summed E-state index contributed by atoms with van der Waals surface area (Å²) in [6.45, 7) is 6.60. The van der Waals surface area contributed by atoms with E-state index >= 15 is 0 Å². The lowest BCUT2D eigenvalue weighted by atomic mass is 10.0. The Hall–Kier alpha value is -0.300. The van der Waals surface area contributed by atoms with Gasteiger partial charge >= 0.3 is 0 Å². The Labute approximate surface area is 89.0 Å². The lowest BCUT2D eigenvalue weighted by Crippen LogP contribution is -2.22. The molecule has 0 heterocycles. The second kappa shape index (κ2) is 7.05. The van der Waals surface area contributed by atoms with E-state index in [1.165, 1.54) is 50.6 Å². The van der Waals surface area contributed by atoms with Crippen molar-refractivity contribution in [2.75, 3.05) is 13.1 Å². The van der Waals surface area contributed by atoms with E-state index in [0.717, 1.165) is 12.5 Å². The van der Waals surface area contributed by atoms with Gasteiger partial charge in [-0.2, -0.15) is 0 Å². The molecule has 1 aliphatic carbocycles. The zero-order chi connectivity index (χ0) is 10.2. The zero-order valence-electron chi connectivity index (χ0n) is 9.81. The smallest absolute Gasteiger partial charge is 0.0137 e. The molecule has 0 aliphatic heterocycles. The van der Waals surface area contributed by atoms with Crippen LogP contribution in [-0.2, 0) is 0 Å². The Morgan fingerprint density at radius 3 is 2.36 bits per heavy atom. The van der Waals surface area contributed by atoms with Gasteiger partial charge in [-0.05, 0) is 39.2 Å². The van der Waals surface area contributed by atoms with Gasteiger partial charge in [0.25, 0.3) is 0 Å². The summed E-state index contributed by atoms with van der Waals surface area (Å²) in [7, 11) is 0. The Morgan fingerprint density at radius 2 is 1.79 bits per heavy atom. The summed E-state index contributed by atoms with van der Waals surface area (Å²) in [5.74, 6) is 0.947. The Bertz CT molecular complexity index is 160. The summed E-state index contributed by atoms with van der Waals surface area (Å²) < 4.78 is 0. The van der Waals surface area contributed by atoms with Gasteiger partial charge in [0.15, 0.2) is 0 Å². The average Bonchev–Trinajstić information content (AvgIpc) is 2.40. The lowest BCUT2D eigenvalue weighted by Gasteiger charge is -2.13. The Morgan fingerprint density at radius 1 is 1.14 bits per heavy atom. The van der Waals surface area contributed by atoms with Crippen molar-refractivity contribution in [1.82, 2.24) is 5.32 Å². The molecule has 14 heavy (non-hydrogen) atoms. The second-order valence-corrected chi connectivity index (χ2v) is 4.80. The van der Waals surface area contributed by atoms with Crippen molar-refractivity contribution in [3.63, 3.8) is 0 Å². The molecule has 0 unspecified atom stereocenters. The fourth-order valence-corrected chi connectivity index (χ4v) is 2.13. The molecule has 0 radical (unpaired) electrons. The number of hydrogen-bond acceptors (Lipinski definition) is 1. The van der Waals surface area contributed by atoms with Crippen molar-refractivity contribution >= 4 is 0 Å². The van der Waals surface area contributed by atoms with Crippen molar-refractivity contribution in [2.24, 2.45) is 5.92 Å². The van der Waals surface area contributed by atoms with Crippen molar-refractivity contribution in [2.45, 2.75) is 52.4 Å². The molecule has 0 amide bonds. The van der Waals surface area contributed by atoms with Gasteiger partial charge in [0, 0.05) is 6.54 Å². The Kier molecular flexibility index (Phi) is 5.93. The van der Waals surface area contributed by atoms with E-state index in [1.54, 1.807) is 0 Å². The van der Waals surface area contributed by atoms with E-state index in [1.807, 2.05) is 0 Å². The fourth-order valence-electron chi connectivity index (χ4n) is 2.13. The molecule has 0 spiro atoms. The van der Waals surface area contributed by atoms with Gasteiger partial charge in [-0.25, -0.2) is 0 Å². The number of allylic oxidation sites excluding steroid dienone is 1. The Balaban J connectivity index is 2.07. The minimum absolute atomic E-state index is 0.947. The first-order valence-electron chi connectivity index (χ1n) is 6.13. The maximum absolute atomic E-state index is 3.54. The molecule has 1 N–H and O–H groups in total. The van der Waals surface area contributed by atoms with E-state index in [2.05, 4.69) is 25.2 Å². The summed E-state index contributed by atoms with van der Waals surface area (Å²) in [6, 6.07) is 0. The molecule has 0 aromatic rings. The molecule has 0 atom stereocenters. The van der Waals surface area contributed by atoms with Crippen LogP contribution in [-0.4, -0.2) is 13.1 Å². The molecule has 0 bridgehead atoms. The number of hydrogen-bond donors (Lipinski definition) is 1. The largest absolute Gasteiger partial charge is 0.313 e. The molecule has 0 saturated heterocycles. The first kappa shape index (κ1) is 11.8. The van der Waals surface area contributed by atoms with Crippen LogP contribution in [0.15, 0.2) is 11.6 Å². The van der Waals surface area contributed by atoms with Crippen LogP contribution < -0.4 is 5.32 Å².